The standard InChI is InChI=1S/C15H12N2O3/c16-9-11-2-1-3-13(8-11)12-4-6-14(7-5-12)20-10-15(18)17-19/h1-8,19H,10H2,(H,17,18). The van der Waals surface area contributed by atoms with Crippen molar-refractivity contribution >= 4 is 5.91 Å². The molecule has 2 rings (SSSR count). The number of nitrogens with one attached hydrogen (secondary N) is 1. The quantitative estimate of drug-likeness (QED) is 0.657. The molecule has 20 heavy (non-hydrogen) atoms. The average molecular weight is 268 g/mol. The van der Waals surface area contributed by atoms with Crippen molar-refractivity contribution in [1.82, 2.24) is 5.48 Å². The summed E-state index contributed by atoms with van der Waals surface area (Å²) < 4.78 is 5.17. The van der Waals surface area contributed by atoms with Crippen LogP contribution in [0.15, 0.2) is 48.5 Å². The third-order valence-electron chi connectivity index (χ3n) is 2.67. The van der Waals surface area contributed by atoms with E-state index in [4.69, 9.17) is 15.2 Å². The fourth-order valence-electron chi connectivity index (χ4n) is 1.69. The molecule has 0 aliphatic heterocycles. The molecule has 5 heteroatoms. The molecule has 0 unspecified atom stereocenters. The summed E-state index contributed by atoms with van der Waals surface area (Å²) in [6.45, 7) is -0.250. The van der Waals surface area contributed by atoms with E-state index in [1.54, 1.807) is 24.3 Å². The predicted octanol–water partition coefficient (Wildman–Crippen LogP) is 2.11. The zero-order valence-electron chi connectivity index (χ0n) is 10.5. The van der Waals surface area contributed by atoms with Gasteiger partial charge in [-0.2, -0.15) is 5.26 Å². The summed E-state index contributed by atoms with van der Waals surface area (Å²) >= 11 is 0. The average Bonchev–Trinajstić information content (AvgIpc) is 2.53. The summed E-state index contributed by atoms with van der Waals surface area (Å²) in [7, 11) is 0. The van der Waals surface area contributed by atoms with Crippen LogP contribution >= 0.6 is 0 Å². The molecule has 2 N–H and O–H groups in total. The summed E-state index contributed by atoms with van der Waals surface area (Å²) in [5.41, 5.74) is 3.97. The molecule has 0 aliphatic rings. The normalized spacial score (nSPS) is 9.60. The SMILES string of the molecule is N#Cc1cccc(-c2ccc(OCC(=O)NO)cc2)c1. The maximum atomic E-state index is 10.8. The number of carbonyl (C=O) groups is 1. The van der Waals surface area contributed by atoms with Gasteiger partial charge in [-0.1, -0.05) is 24.3 Å². The van der Waals surface area contributed by atoms with Crippen LogP contribution in [-0.4, -0.2) is 17.7 Å². The molecular formula is C15H12N2O3. The minimum absolute atomic E-state index is 0.250. The Hall–Kier alpha value is -2.84. The number of hydrogen-bond donors (Lipinski definition) is 2. The second-order valence-corrected chi connectivity index (χ2v) is 4.04. The van der Waals surface area contributed by atoms with Gasteiger partial charge in [-0.05, 0) is 35.4 Å². The van der Waals surface area contributed by atoms with Crippen LogP contribution < -0.4 is 10.2 Å². The molecule has 0 atom stereocenters. The summed E-state index contributed by atoms with van der Waals surface area (Å²) in [5.74, 6) is -0.0930. The van der Waals surface area contributed by atoms with Crippen LogP contribution in [-0.2, 0) is 4.79 Å². The van der Waals surface area contributed by atoms with Gasteiger partial charge in [0.2, 0.25) is 0 Å². The highest BCUT2D eigenvalue weighted by Gasteiger charge is 2.02. The molecule has 0 fully saturated rings. The molecule has 0 bridgehead atoms. The van der Waals surface area contributed by atoms with Crippen molar-refractivity contribution in [3.05, 3.63) is 54.1 Å². The van der Waals surface area contributed by atoms with Crippen molar-refractivity contribution in [3.8, 4) is 22.9 Å². The van der Waals surface area contributed by atoms with Gasteiger partial charge >= 0.3 is 0 Å². The summed E-state index contributed by atoms with van der Waals surface area (Å²) in [5, 5.41) is 17.2. The van der Waals surface area contributed by atoms with Crippen LogP contribution in [0.4, 0.5) is 0 Å². The van der Waals surface area contributed by atoms with Gasteiger partial charge in [0.15, 0.2) is 6.61 Å². The first-order valence-corrected chi connectivity index (χ1v) is 5.89. The number of rotatable bonds is 4. The van der Waals surface area contributed by atoms with E-state index in [9.17, 15) is 4.79 Å². The van der Waals surface area contributed by atoms with E-state index in [-0.39, 0.29) is 6.61 Å². The number of hydroxylamine groups is 1. The topological polar surface area (TPSA) is 82.3 Å². The second-order valence-electron chi connectivity index (χ2n) is 4.04. The lowest BCUT2D eigenvalue weighted by Gasteiger charge is -2.06. The van der Waals surface area contributed by atoms with E-state index < -0.39 is 5.91 Å². The maximum absolute atomic E-state index is 10.8. The van der Waals surface area contributed by atoms with Gasteiger partial charge in [0.1, 0.15) is 5.75 Å². The highest BCUT2D eigenvalue weighted by Crippen LogP contribution is 2.23. The number of nitriles is 1. The molecule has 100 valence electrons. The molecule has 0 saturated carbocycles. The zero-order valence-corrected chi connectivity index (χ0v) is 10.5. The summed E-state index contributed by atoms with van der Waals surface area (Å²) in [6.07, 6.45) is 0. The Morgan fingerprint density at radius 1 is 1.20 bits per heavy atom. The van der Waals surface area contributed by atoms with Crippen molar-refractivity contribution in [1.29, 1.82) is 5.26 Å². The fourth-order valence-corrected chi connectivity index (χ4v) is 1.69. The number of benzene rings is 2. The molecule has 0 spiro atoms. The number of carbonyl (C=O) groups excluding carboxylic acids is 1. The smallest absolute Gasteiger partial charge is 0.281 e. The van der Waals surface area contributed by atoms with Gasteiger partial charge in [0, 0.05) is 0 Å². The lowest BCUT2D eigenvalue weighted by molar-refractivity contribution is -0.131. The molecule has 2 aromatic rings. The molecule has 5 nitrogen and oxygen atoms in total. The summed E-state index contributed by atoms with van der Waals surface area (Å²) in [4.78, 5) is 10.8. The van der Waals surface area contributed by atoms with E-state index in [1.165, 1.54) is 5.48 Å². The monoisotopic (exact) mass is 268 g/mol. The molecule has 0 heterocycles. The van der Waals surface area contributed by atoms with Gasteiger partial charge in [-0.25, -0.2) is 5.48 Å². The number of ether oxygens (including phenoxy) is 1. The van der Waals surface area contributed by atoms with Gasteiger partial charge in [0.05, 0.1) is 11.6 Å². The third kappa shape index (κ3) is 3.34. The number of nitrogens with zero attached hydrogens (tertiary/aromatic N) is 1. The van der Waals surface area contributed by atoms with Crippen LogP contribution in [0.5, 0.6) is 5.75 Å². The van der Waals surface area contributed by atoms with E-state index >= 15 is 0 Å². The fraction of sp³-hybridized carbons (Fsp3) is 0.0667. The first kappa shape index (κ1) is 13.6. The van der Waals surface area contributed by atoms with Gasteiger partial charge in [-0.15, -0.1) is 0 Å². The Balaban J connectivity index is 2.11. The molecule has 1 amide bonds. The third-order valence-corrected chi connectivity index (χ3v) is 2.67. The Labute approximate surface area is 116 Å². The van der Waals surface area contributed by atoms with Crippen LogP contribution in [0.3, 0.4) is 0 Å². The van der Waals surface area contributed by atoms with Crippen LogP contribution in [0.2, 0.25) is 0 Å². The lowest BCUT2D eigenvalue weighted by Crippen LogP contribution is -2.25. The zero-order chi connectivity index (χ0) is 14.4. The molecule has 0 aliphatic carbocycles. The minimum atomic E-state index is -0.615. The first-order valence-electron chi connectivity index (χ1n) is 5.89. The molecule has 2 aromatic carbocycles. The molecular weight excluding hydrogens is 256 g/mol. The van der Waals surface area contributed by atoms with Crippen molar-refractivity contribution in [2.45, 2.75) is 0 Å². The van der Waals surface area contributed by atoms with E-state index in [1.807, 2.05) is 24.3 Å². The molecule has 0 radical (unpaired) electrons. The van der Waals surface area contributed by atoms with Gasteiger partial charge < -0.3 is 4.74 Å². The van der Waals surface area contributed by atoms with Crippen LogP contribution in [0.25, 0.3) is 11.1 Å². The van der Waals surface area contributed by atoms with Gasteiger partial charge in [0.25, 0.3) is 5.91 Å². The highest BCUT2D eigenvalue weighted by atomic mass is 16.5. The summed E-state index contributed by atoms with van der Waals surface area (Å²) in [6, 6.07) is 16.5. The van der Waals surface area contributed by atoms with E-state index in [0.29, 0.717) is 11.3 Å². The predicted molar refractivity (Wildman–Crippen MR) is 72.0 cm³/mol. The number of hydrogen-bond acceptors (Lipinski definition) is 4. The molecule has 0 saturated heterocycles. The van der Waals surface area contributed by atoms with Crippen LogP contribution in [0, 0.1) is 11.3 Å². The van der Waals surface area contributed by atoms with E-state index in [2.05, 4.69) is 6.07 Å². The number of amides is 1. The van der Waals surface area contributed by atoms with Crippen molar-refractivity contribution in [3.63, 3.8) is 0 Å². The van der Waals surface area contributed by atoms with E-state index in [0.717, 1.165) is 11.1 Å². The maximum Gasteiger partial charge on any atom is 0.281 e. The first-order chi connectivity index (χ1) is 9.72. The second kappa shape index (κ2) is 6.36. The molecule has 0 aromatic heterocycles. The Morgan fingerprint density at radius 3 is 2.60 bits per heavy atom. The minimum Gasteiger partial charge on any atom is -0.484 e. The van der Waals surface area contributed by atoms with Crippen molar-refractivity contribution in [2.24, 2.45) is 0 Å². The largest absolute Gasteiger partial charge is 0.484 e. The van der Waals surface area contributed by atoms with Crippen LogP contribution in [0.1, 0.15) is 5.56 Å². The lowest BCUT2D eigenvalue weighted by atomic mass is 10.0. The Morgan fingerprint density at radius 2 is 1.95 bits per heavy atom. The van der Waals surface area contributed by atoms with Gasteiger partial charge in [-0.3, -0.25) is 10.0 Å². The van der Waals surface area contributed by atoms with Crippen molar-refractivity contribution < 1.29 is 14.7 Å². The Kier molecular flexibility index (Phi) is 4.32. The van der Waals surface area contributed by atoms with Crippen molar-refractivity contribution in [2.75, 3.05) is 6.61 Å². The Bertz CT molecular complexity index is 645. The highest BCUT2D eigenvalue weighted by molar-refractivity contribution is 5.76.